The largest absolute Gasteiger partial charge is 0.494 e. The van der Waals surface area contributed by atoms with Gasteiger partial charge in [-0.05, 0) is 113 Å². The summed E-state index contributed by atoms with van der Waals surface area (Å²) >= 11 is 1.52. The Labute approximate surface area is 530 Å². The summed E-state index contributed by atoms with van der Waals surface area (Å²) in [7, 11) is 2.64. The van der Waals surface area contributed by atoms with Crippen LogP contribution in [0.5, 0.6) is 11.5 Å². The Hall–Kier alpha value is -8.30. The molecule has 0 aliphatic heterocycles. The molecule has 0 saturated carbocycles. The molecule has 0 aliphatic carbocycles. The van der Waals surface area contributed by atoms with Gasteiger partial charge in [0.05, 0.1) is 39.9 Å². The van der Waals surface area contributed by atoms with E-state index >= 15 is 0 Å². The van der Waals surface area contributed by atoms with Gasteiger partial charge in [-0.1, -0.05) is 203 Å². The molecule has 0 unspecified atom stereocenters. The van der Waals surface area contributed by atoms with Crippen LogP contribution in [0.2, 0.25) is 0 Å². The molecule has 6 aromatic carbocycles. The van der Waals surface area contributed by atoms with Gasteiger partial charge < -0.3 is 29.6 Å². The van der Waals surface area contributed by atoms with Crippen LogP contribution in [0.4, 0.5) is 0 Å². The van der Waals surface area contributed by atoms with Crippen molar-refractivity contribution in [2.45, 2.75) is 156 Å². The van der Waals surface area contributed by atoms with Gasteiger partial charge in [0.25, 0.3) is 11.8 Å². The number of carbonyl (C=O) groups is 6. The van der Waals surface area contributed by atoms with Crippen LogP contribution >= 0.6 is 11.3 Å². The molecule has 0 bridgehead atoms. The van der Waals surface area contributed by atoms with Gasteiger partial charge in [0.1, 0.15) is 27.6 Å². The fourth-order valence-electron chi connectivity index (χ4n) is 9.74. The highest BCUT2D eigenvalue weighted by atomic mass is 32.1. The minimum atomic E-state index is -0.818. The Kier molecular flexibility index (Phi) is 27.5. The molecule has 472 valence electrons. The van der Waals surface area contributed by atoms with Crippen LogP contribution < -0.4 is 20.1 Å². The van der Waals surface area contributed by atoms with E-state index in [0.29, 0.717) is 47.5 Å². The van der Waals surface area contributed by atoms with Crippen LogP contribution in [0.1, 0.15) is 190 Å². The zero-order valence-corrected chi connectivity index (χ0v) is 54.5. The molecule has 2 N–H and O–H groups in total. The molecule has 2 atom stereocenters. The maximum absolute atomic E-state index is 13.0. The molecule has 0 aliphatic rings. The van der Waals surface area contributed by atoms with Crippen molar-refractivity contribution < 1.29 is 47.7 Å². The molecule has 7 rings (SSSR count). The fourth-order valence-corrected chi connectivity index (χ4v) is 10.6. The van der Waals surface area contributed by atoms with E-state index in [0.717, 1.165) is 75.0 Å². The lowest BCUT2D eigenvalue weighted by molar-refractivity contribution is -0.145. The third-order valence-corrected chi connectivity index (χ3v) is 16.3. The van der Waals surface area contributed by atoms with Crippen LogP contribution in [0.3, 0.4) is 0 Å². The second kappa shape index (κ2) is 35.0. The van der Waals surface area contributed by atoms with E-state index in [2.05, 4.69) is 76.2 Å². The van der Waals surface area contributed by atoms with Gasteiger partial charge in [-0.15, -0.1) is 10.2 Å². The molecule has 0 spiro atoms. The standard InChI is InChI=1S/C38H47NO6.C36H43N3O4S/c1-6-7-8-9-10-23-45-33-21-17-30(18-22-33)36(42)39-26-35(41)29-13-11-27(12-14-29)24-31(37(43)44-5)25-34(40)28-15-19-32(20-16-28)38(2,3)4;1-6-7-8-9-10-23-43-30-21-17-28(18-22-30)34-39-38-33(44-34)27-13-11-25(12-14-27)24-31(35(41)42-5)37-32(40)26-15-19-29(20-16-26)36(2,3)4/h11-22,31H,6-10,23-26H2,1-5H3,(H,39,42);11-22,31H,6-10,23-24H2,1-5H3,(H,37,40)/t2*31-/m10/s1. The first-order valence-corrected chi connectivity index (χ1v) is 32.0. The van der Waals surface area contributed by atoms with Gasteiger partial charge >= 0.3 is 11.9 Å². The molecule has 1 aromatic heterocycles. The van der Waals surface area contributed by atoms with E-state index < -0.39 is 23.9 Å². The van der Waals surface area contributed by atoms with Crippen molar-refractivity contribution in [3.63, 3.8) is 0 Å². The van der Waals surface area contributed by atoms with Crippen LogP contribution in [0, 0.1) is 5.92 Å². The highest BCUT2D eigenvalue weighted by Gasteiger charge is 2.26. The van der Waals surface area contributed by atoms with Gasteiger partial charge in [-0.25, -0.2) is 4.79 Å². The quantitative estimate of drug-likeness (QED) is 0.0238. The van der Waals surface area contributed by atoms with Crippen molar-refractivity contribution in [3.8, 4) is 32.6 Å². The molecule has 14 nitrogen and oxygen atoms in total. The summed E-state index contributed by atoms with van der Waals surface area (Å²) in [6, 6.07) is 43.7. The van der Waals surface area contributed by atoms with Gasteiger partial charge in [0.2, 0.25) is 0 Å². The summed E-state index contributed by atoms with van der Waals surface area (Å²) in [5, 5.41) is 16.0. The molecule has 7 aromatic rings. The van der Waals surface area contributed by atoms with Gasteiger partial charge in [0, 0.05) is 46.2 Å². The number of aromatic nitrogens is 2. The summed E-state index contributed by atoms with van der Waals surface area (Å²) in [5.74, 6) is -1.06. The van der Waals surface area contributed by atoms with Crippen LogP contribution in [-0.2, 0) is 42.7 Å². The molecular formula is C74H90N4O10S. The Morgan fingerprint density at radius 1 is 0.461 bits per heavy atom. The number of hydrogen-bond acceptors (Lipinski definition) is 13. The molecule has 89 heavy (non-hydrogen) atoms. The number of nitrogens with one attached hydrogen (secondary N) is 2. The monoisotopic (exact) mass is 1230 g/mol. The summed E-state index contributed by atoms with van der Waals surface area (Å²) < 4.78 is 21.6. The second-order valence-electron chi connectivity index (χ2n) is 24.4. The number of unbranched alkanes of at least 4 members (excludes halogenated alkanes) is 8. The summed E-state index contributed by atoms with van der Waals surface area (Å²) in [6.07, 6.45) is 12.5. The van der Waals surface area contributed by atoms with Gasteiger partial charge in [-0.2, -0.15) is 0 Å². The van der Waals surface area contributed by atoms with Gasteiger partial charge in [-0.3, -0.25) is 24.0 Å². The summed E-state index contributed by atoms with van der Waals surface area (Å²) in [5.41, 5.74) is 7.75. The number of Topliss-reactive ketones (excluding diaryl/α,β-unsaturated/α-hetero) is 2. The smallest absolute Gasteiger partial charge is 0.328 e. The number of rotatable bonds is 31. The predicted octanol–water partition coefficient (Wildman–Crippen LogP) is 15.6. The first-order chi connectivity index (χ1) is 42.7. The maximum atomic E-state index is 13.0. The van der Waals surface area contributed by atoms with Crippen molar-refractivity contribution in [2.24, 2.45) is 5.92 Å². The first kappa shape index (κ1) is 69.8. The van der Waals surface area contributed by atoms with Crippen molar-refractivity contribution in [1.82, 2.24) is 20.8 Å². The highest BCUT2D eigenvalue weighted by molar-refractivity contribution is 7.17. The lowest BCUT2D eigenvalue weighted by atomic mass is 9.85. The normalized spacial score (nSPS) is 11.9. The number of carbonyl (C=O) groups excluding carboxylic acids is 6. The Morgan fingerprint density at radius 3 is 1.35 bits per heavy atom. The van der Waals surface area contributed by atoms with Crippen LogP contribution in [0.25, 0.3) is 21.1 Å². The van der Waals surface area contributed by atoms with Crippen molar-refractivity contribution >= 4 is 46.7 Å². The summed E-state index contributed by atoms with van der Waals surface area (Å²) in [4.78, 5) is 76.4. The predicted molar refractivity (Wildman–Crippen MR) is 354 cm³/mol. The average Bonchev–Trinajstić information content (AvgIpc) is 2.91. The SMILES string of the molecule is CCCCCCCOc1ccc(-c2nnc(-c3ccc(C[C@H](NC(=O)c4ccc(C(C)(C)C)cc4)C(=O)OC)cc3)s2)cc1.CCCCCCCOc1ccc(C(=O)NCC(=O)c2ccc(C[C@H](CC(=O)c3ccc(C(C)(C)C)cc3)C(=O)OC)cc2)cc1. The van der Waals surface area contributed by atoms with Crippen molar-refractivity contribution in [1.29, 1.82) is 0 Å². The number of methoxy groups -OCH3 is 2. The molecule has 15 heteroatoms. The maximum Gasteiger partial charge on any atom is 0.328 e. The zero-order chi connectivity index (χ0) is 64.3. The van der Waals surface area contributed by atoms with E-state index in [1.807, 2.05) is 72.8 Å². The average molecular weight is 1230 g/mol. The number of nitrogens with zero attached hydrogens (tertiary/aromatic N) is 2. The van der Waals surface area contributed by atoms with E-state index in [9.17, 15) is 28.8 Å². The van der Waals surface area contributed by atoms with Crippen molar-refractivity contribution in [3.05, 3.63) is 190 Å². The highest BCUT2D eigenvalue weighted by Crippen LogP contribution is 2.32. The third kappa shape index (κ3) is 22.7. The van der Waals surface area contributed by atoms with Crippen molar-refractivity contribution in [2.75, 3.05) is 34.0 Å². The number of benzene rings is 6. The lowest BCUT2D eigenvalue weighted by Crippen LogP contribution is -2.43. The number of hydrogen-bond donors (Lipinski definition) is 2. The number of amides is 2. The summed E-state index contributed by atoms with van der Waals surface area (Å²) in [6.45, 7) is 18.3. The topological polar surface area (TPSA) is 189 Å². The second-order valence-corrected chi connectivity index (χ2v) is 25.4. The Balaban J connectivity index is 0.000000284. The molecular weight excluding hydrogens is 1140 g/mol. The van der Waals surface area contributed by atoms with E-state index in [1.54, 1.807) is 72.8 Å². The number of ketones is 2. The molecule has 0 saturated heterocycles. The van der Waals surface area contributed by atoms with Gasteiger partial charge in [0.15, 0.2) is 11.6 Å². The minimum absolute atomic E-state index is 0.0142. The van der Waals surface area contributed by atoms with Crippen LogP contribution in [0.15, 0.2) is 146 Å². The first-order valence-electron chi connectivity index (χ1n) is 31.2. The fraction of sp³-hybridized carbons (Fsp3) is 0.405. The zero-order valence-electron chi connectivity index (χ0n) is 53.7. The minimum Gasteiger partial charge on any atom is -0.494 e. The number of esters is 2. The number of ether oxygens (including phenoxy) is 4. The Morgan fingerprint density at radius 2 is 0.865 bits per heavy atom. The third-order valence-electron chi connectivity index (χ3n) is 15.3. The molecule has 0 fully saturated rings. The molecule has 1 heterocycles. The lowest BCUT2D eigenvalue weighted by Gasteiger charge is -2.20. The molecule has 0 radical (unpaired) electrons. The van der Waals surface area contributed by atoms with E-state index in [4.69, 9.17) is 18.9 Å². The van der Waals surface area contributed by atoms with E-state index in [-0.39, 0.29) is 47.2 Å². The van der Waals surface area contributed by atoms with E-state index in [1.165, 1.54) is 70.5 Å². The van der Waals surface area contributed by atoms with Crippen LogP contribution in [-0.4, -0.2) is 85.5 Å². The Bertz CT molecular complexity index is 3350. The molecule has 2 amide bonds.